The van der Waals surface area contributed by atoms with Gasteiger partial charge in [0.15, 0.2) is 0 Å². The van der Waals surface area contributed by atoms with Crippen molar-refractivity contribution in [3.05, 3.63) is 58.0 Å². The number of thiazole rings is 1. The number of nitrogens with zero attached hydrogens (tertiary/aromatic N) is 5. The second-order valence-corrected chi connectivity index (χ2v) is 8.30. The van der Waals surface area contributed by atoms with Gasteiger partial charge in [0.1, 0.15) is 22.3 Å². The molecule has 0 bridgehead atoms. The number of nitrogens with one attached hydrogen (secondary N) is 1. The minimum atomic E-state index is -4.78. The van der Waals surface area contributed by atoms with Gasteiger partial charge in [-0.25, -0.2) is 9.37 Å². The SMILES string of the molecule is O=NC(c1cnc(-c2ccc(NCC3(c4ncccc4F)CCC3)nn2)s1)C(F)(F)F. The average molecular weight is 452 g/mol. The number of aromatic nitrogens is 4. The second-order valence-electron chi connectivity index (χ2n) is 7.24. The van der Waals surface area contributed by atoms with Gasteiger partial charge in [-0.05, 0) is 37.1 Å². The van der Waals surface area contributed by atoms with E-state index in [1.54, 1.807) is 24.4 Å². The zero-order valence-corrected chi connectivity index (χ0v) is 16.8. The van der Waals surface area contributed by atoms with Crippen LogP contribution in [0.25, 0.3) is 10.7 Å². The highest BCUT2D eigenvalue weighted by Gasteiger charge is 2.44. The van der Waals surface area contributed by atoms with Crippen LogP contribution in [0.5, 0.6) is 0 Å². The van der Waals surface area contributed by atoms with Crippen molar-refractivity contribution in [1.82, 2.24) is 20.2 Å². The Morgan fingerprint density at radius 3 is 2.58 bits per heavy atom. The van der Waals surface area contributed by atoms with Gasteiger partial charge in [-0.15, -0.1) is 26.4 Å². The van der Waals surface area contributed by atoms with Crippen LogP contribution in [0.3, 0.4) is 0 Å². The van der Waals surface area contributed by atoms with Crippen molar-refractivity contribution >= 4 is 17.2 Å². The lowest BCUT2D eigenvalue weighted by molar-refractivity contribution is -0.148. The maximum atomic E-state index is 14.2. The van der Waals surface area contributed by atoms with Crippen LogP contribution in [0.2, 0.25) is 0 Å². The number of anilines is 1. The molecule has 1 unspecified atom stereocenters. The summed E-state index contributed by atoms with van der Waals surface area (Å²) in [5.41, 5.74) is 0.282. The molecule has 0 radical (unpaired) electrons. The predicted octanol–water partition coefficient (Wildman–Crippen LogP) is 5.04. The number of alkyl halides is 3. The van der Waals surface area contributed by atoms with Crippen LogP contribution in [0.15, 0.2) is 41.8 Å². The molecule has 12 heteroatoms. The third kappa shape index (κ3) is 4.24. The summed E-state index contributed by atoms with van der Waals surface area (Å²) in [6.07, 6.45) is 0.325. The van der Waals surface area contributed by atoms with E-state index in [1.165, 1.54) is 6.07 Å². The van der Waals surface area contributed by atoms with Crippen molar-refractivity contribution in [3.63, 3.8) is 0 Å². The summed E-state index contributed by atoms with van der Waals surface area (Å²) in [4.78, 5) is 18.4. The fourth-order valence-electron chi connectivity index (χ4n) is 3.48. The molecule has 1 saturated carbocycles. The highest BCUT2D eigenvalue weighted by atomic mass is 32.1. The molecule has 3 aromatic rings. The average Bonchev–Trinajstić information content (AvgIpc) is 3.18. The molecule has 162 valence electrons. The van der Waals surface area contributed by atoms with Crippen LogP contribution in [-0.4, -0.2) is 32.9 Å². The fourth-order valence-corrected chi connectivity index (χ4v) is 4.42. The third-order valence-corrected chi connectivity index (χ3v) is 6.34. The van der Waals surface area contributed by atoms with Crippen LogP contribution in [0.4, 0.5) is 23.4 Å². The molecule has 1 aliphatic rings. The lowest BCUT2D eigenvalue weighted by atomic mass is 9.66. The first kappa shape index (κ1) is 21.2. The van der Waals surface area contributed by atoms with Gasteiger partial charge in [0.2, 0.25) is 6.04 Å². The summed E-state index contributed by atoms with van der Waals surface area (Å²) < 4.78 is 52.8. The lowest BCUT2D eigenvalue weighted by Gasteiger charge is -2.41. The van der Waals surface area contributed by atoms with E-state index in [0.717, 1.165) is 25.5 Å². The van der Waals surface area contributed by atoms with Crippen LogP contribution in [0.1, 0.15) is 35.9 Å². The molecule has 1 N–H and O–H groups in total. The van der Waals surface area contributed by atoms with Crippen LogP contribution in [-0.2, 0) is 5.41 Å². The maximum Gasteiger partial charge on any atom is 0.419 e. The van der Waals surface area contributed by atoms with E-state index in [9.17, 15) is 22.5 Å². The van der Waals surface area contributed by atoms with E-state index in [4.69, 9.17) is 0 Å². The number of nitroso groups, excluding NO2 is 1. The van der Waals surface area contributed by atoms with E-state index in [-0.39, 0.29) is 21.4 Å². The van der Waals surface area contributed by atoms with Gasteiger partial charge in [0, 0.05) is 24.4 Å². The van der Waals surface area contributed by atoms with Gasteiger partial charge in [0.05, 0.1) is 10.6 Å². The summed E-state index contributed by atoms with van der Waals surface area (Å²) in [7, 11) is 0. The van der Waals surface area contributed by atoms with Gasteiger partial charge >= 0.3 is 6.18 Å². The van der Waals surface area contributed by atoms with Gasteiger partial charge in [-0.2, -0.15) is 13.2 Å². The minimum absolute atomic E-state index is 0.193. The molecule has 0 amide bonds. The number of hydrogen-bond acceptors (Lipinski definition) is 8. The molecular formula is C19H16F4N6OS. The molecule has 0 saturated heterocycles. The Balaban J connectivity index is 1.46. The first-order chi connectivity index (χ1) is 14.8. The molecule has 1 atom stereocenters. The first-order valence-electron chi connectivity index (χ1n) is 9.36. The topological polar surface area (TPSA) is 93.0 Å². The molecule has 0 aromatic carbocycles. The summed E-state index contributed by atoms with van der Waals surface area (Å²) in [6, 6.07) is 3.66. The Labute approximate surface area is 177 Å². The Kier molecular flexibility index (Phi) is 5.65. The molecule has 3 heterocycles. The predicted molar refractivity (Wildman–Crippen MR) is 106 cm³/mol. The molecule has 1 fully saturated rings. The van der Waals surface area contributed by atoms with Crippen molar-refractivity contribution in [2.45, 2.75) is 36.9 Å². The van der Waals surface area contributed by atoms with Crippen LogP contribution < -0.4 is 5.32 Å². The summed E-state index contributed by atoms with van der Waals surface area (Å²) in [5.74, 6) is 0.0952. The third-order valence-electron chi connectivity index (χ3n) is 5.27. The number of hydrogen-bond donors (Lipinski definition) is 1. The second kappa shape index (κ2) is 8.25. The Morgan fingerprint density at radius 2 is 2.00 bits per heavy atom. The number of pyridine rings is 1. The van der Waals surface area contributed by atoms with E-state index in [1.807, 2.05) is 0 Å². The van der Waals surface area contributed by atoms with Gasteiger partial charge < -0.3 is 5.32 Å². The highest BCUT2D eigenvalue weighted by molar-refractivity contribution is 7.15. The Hall–Kier alpha value is -3.02. The quantitative estimate of drug-likeness (QED) is 0.399. The zero-order valence-electron chi connectivity index (χ0n) is 15.9. The number of rotatable bonds is 7. The van der Waals surface area contributed by atoms with Crippen molar-refractivity contribution in [3.8, 4) is 10.7 Å². The standard InChI is InChI=1S/C19H16F4N6OS/c20-11-3-1-8-24-15(11)18(6-2-7-18)10-26-14-5-4-12(27-28-14)17-25-9-13(31-17)16(29-30)19(21,22)23/h1,3-5,8-9,16H,2,6-7,10H2,(H,26,28). The zero-order chi connectivity index (χ0) is 22.1. The van der Waals surface area contributed by atoms with Crippen LogP contribution in [0, 0.1) is 10.7 Å². The molecule has 3 aromatic heterocycles. The van der Waals surface area contributed by atoms with Crippen molar-refractivity contribution in [2.75, 3.05) is 11.9 Å². The Morgan fingerprint density at radius 1 is 1.19 bits per heavy atom. The van der Waals surface area contributed by atoms with E-state index in [2.05, 4.69) is 30.7 Å². The maximum absolute atomic E-state index is 14.2. The van der Waals surface area contributed by atoms with Gasteiger partial charge in [-0.1, -0.05) is 11.6 Å². The summed E-state index contributed by atoms with van der Waals surface area (Å²) >= 11 is 0.683. The van der Waals surface area contributed by atoms with Gasteiger partial charge in [-0.3, -0.25) is 4.98 Å². The normalized spacial score (nSPS) is 16.4. The number of halogens is 4. The molecule has 1 aliphatic carbocycles. The fraction of sp³-hybridized carbons (Fsp3) is 0.368. The van der Waals surface area contributed by atoms with E-state index >= 15 is 0 Å². The molecule has 4 rings (SSSR count). The first-order valence-corrected chi connectivity index (χ1v) is 10.2. The highest BCUT2D eigenvalue weighted by Crippen LogP contribution is 2.44. The molecule has 7 nitrogen and oxygen atoms in total. The van der Waals surface area contributed by atoms with Crippen molar-refractivity contribution in [1.29, 1.82) is 0 Å². The van der Waals surface area contributed by atoms with Crippen molar-refractivity contribution in [2.24, 2.45) is 5.18 Å². The summed E-state index contributed by atoms with van der Waals surface area (Å²) in [5, 5.41) is 13.5. The molecule has 31 heavy (non-hydrogen) atoms. The lowest BCUT2D eigenvalue weighted by Crippen LogP contribution is -2.42. The van der Waals surface area contributed by atoms with Crippen molar-refractivity contribution < 1.29 is 17.6 Å². The minimum Gasteiger partial charge on any atom is -0.368 e. The monoisotopic (exact) mass is 452 g/mol. The molecule has 0 spiro atoms. The Bertz CT molecular complexity index is 1070. The van der Waals surface area contributed by atoms with Crippen LogP contribution >= 0.6 is 11.3 Å². The molecule has 0 aliphatic heterocycles. The largest absolute Gasteiger partial charge is 0.419 e. The molecular weight excluding hydrogens is 436 g/mol. The van der Waals surface area contributed by atoms with E-state index < -0.39 is 17.6 Å². The van der Waals surface area contributed by atoms with E-state index in [0.29, 0.717) is 29.4 Å². The summed E-state index contributed by atoms with van der Waals surface area (Å²) in [6.45, 7) is 0.425. The smallest absolute Gasteiger partial charge is 0.368 e. The van der Waals surface area contributed by atoms with Gasteiger partial charge in [0.25, 0.3) is 0 Å².